The third-order valence-electron chi connectivity index (χ3n) is 6.33. The fourth-order valence-electron chi connectivity index (χ4n) is 4.42. The summed E-state index contributed by atoms with van der Waals surface area (Å²) in [5.41, 5.74) is 5.65. The van der Waals surface area contributed by atoms with Crippen molar-refractivity contribution in [2.75, 3.05) is 36.4 Å². The standard InChI is InChI=1S/C25H24N8O/c1-17(34)31-10-12-32(13-11-31)21-6-4-20(5-7-21)28-24-25-26-8-9-33(25)16-23(29-24)18-2-3-19-15-27-30-22(19)14-18/h2-9,14-16H,10-13H2,1H3,(H,27,30)(H,28,29). The topological polar surface area (TPSA) is 94.5 Å². The number of hydrogen-bond donors (Lipinski definition) is 2. The second-order valence-corrected chi connectivity index (χ2v) is 8.47. The van der Waals surface area contributed by atoms with Crippen molar-refractivity contribution in [3.05, 3.63) is 67.3 Å². The van der Waals surface area contributed by atoms with Crippen LogP contribution in [0.1, 0.15) is 6.92 Å². The number of piperazine rings is 1. The van der Waals surface area contributed by atoms with E-state index in [4.69, 9.17) is 4.98 Å². The number of aromatic nitrogens is 5. The van der Waals surface area contributed by atoms with Crippen molar-refractivity contribution in [1.82, 2.24) is 29.5 Å². The number of hydrogen-bond acceptors (Lipinski definition) is 6. The number of nitrogens with zero attached hydrogens (tertiary/aromatic N) is 6. The van der Waals surface area contributed by atoms with Gasteiger partial charge in [-0.05, 0) is 30.3 Å². The van der Waals surface area contributed by atoms with E-state index in [-0.39, 0.29) is 5.91 Å². The highest BCUT2D eigenvalue weighted by Crippen LogP contribution is 2.27. The summed E-state index contributed by atoms with van der Waals surface area (Å²) in [4.78, 5) is 25.2. The molecule has 0 spiro atoms. The third-order valence-corrected chi connectivity index (χ3v) is 6.33. The quantitative estimate of drug-likeness (QED) is 0.432. The molecule has 9 nitrogen and oxygen atoms in total. The van der Waals surface area contributed by atoms with Crippen molar-refractivity contribution in [3.8, 4) is 11.3 Å². The Morgan fingerprint density at radius 3 is 2.68 bits per heavy atom. The SMILES string of the molecule is CC(=O)N1CCN(c2ccc(Nc3nc(-c4ccc5cn[nH]c5c4)cn4ccnc34)cc2)CC1. The van der Waals surface area contributed by atoms with Crippen molar-refractivity contribution < 1.29 is 4.79 Å². The molecule has 1 amide bonds. The Balaban J connectivity index is 1.26. The summed E-state index contributed by atoms with van der Waals surface area (Å²) in [6.45, 7) is 4.82. The van der Waals surface area contributed by atoms with Gasteiger partial charge in [0.25, 0.3) is 0 Å². The van der Waals surface area contributed by atoms with Crippen LogP contribution in [0.4, 0.5) is 17.2 Å². The van der Waals surface area contributed by atoms with Crippen LogP contribution in [-0.4, -0.2) is 61.6 Å². The Morgan fingerprint density at radius 2 is 1.88 bits per heavy atom. The fourth-order valence-corrected chi connectivity index (χ4v) is 4.42. The lowest BCUT2D eigenvalue weighted by Crippen LogP contribution is -2.48. The Bertz CT molecular complexity index is 1480. The summed E-state index contributed by atoms with van der Waals surface area (Å²) in [5.74, 6) is 0.832. The van der Waals surface area contributed by atoms with Gasteiger partial charge in [0, 0.05) is 74.0 Å². The highest BCUT2D eigenvalue weighted by Gasteiger charge is 2.19. The predicted molar refractivity (Wildman–Crippen MR) is 132 cm³/mol. The van der Waals surface area contributed by atoms with Crippen LogP contribution in [0.25, 0.3) is 27.8 Å². The zero-order valence-electron chi connectivity index (χ0n) is 18.8. The maximum atomic E-state index is 11.6. The average molecular weight is 453 g/mol. The van der Waals surface area contributed by atoms with E-state index >= 15 is 0 Å². The first-order valence-corrected chi connectivity index (χ1v) is 11.3. The summed E-state index contributed by atoms with van der Waals surface area (Å²) in [7, 11) is 0. The van der Waals surface area contributed by atoms with Crippen LogP contribution in [0.5, 0.6) is 0 Å². The molecule has 6 rings (SSSR count). The van der Waals surface area contributed by atoms with Crippen molar-refractivity contribution in [1.29, 1.82) is 0 Å². The monoisotopic (exact) mass is 452 g/mol. The third kappa shape index (κ3) is 3.71. The first-order valence-electron chi connectivity index (χ1n) is 11.3. The molecule has 2 aromatic carbocycles. The highest BCUT2D eigenvalue weighted by atomic mass is 16.2. The summed E-state index contributed by atoms with van der Waals surface area (Å²) in [6, 6.07) is 14.4. The number of H-pyrrole nitrogens is 1. The van der Waals surface area contributed by atoms with E-state index in [0.29, 0.717) is 5.82 Å². The van der Waals surface area contributed by atoms with Crippen LogP contribution >= 0.6 is 0 Å². The molecule has 0 atom stereocenters. The number of anilines is 3. The lowest BCUT2D eigenvalue weighted by atomic mass is 10.1. The maximum absolute atomic E-state index is 11.6. The zero-order chi connectivity index (χ0) is 23.1. The number of aromatic amines is 1. The van der Waals surface area contributed by atoms with Crippen molar-refractivity contribution in [2.45, 2.75) is 6.92 Å². The first kappa shape index (κ1) is 20.2. The lowest BCUT2D eigenvalue weighted by molar-refractivity contribution is -0.129. The van der Waals surface area contributed by atoms with E-state index in [1.807, 2.05) is 40.0 Å². The minimum atomic E-state index is 0.142. The predicted octanol–water partition coefficient (Wildman–Crippen LogP) is 3.68. The molecule has 1 aliphatic rings. The van der Waals surface area contributed by atoms with Crippen LogP contribution in [-0.2, 0) is 4.79 Å². The van der Waals surface area contributed by atoms with Gasteiger partial charge < -0.3 is 19.5 Å². The van der Waals surface area contributed by atoms with Gasteiger partial charge in [0.2, 0.25) is 5.91 Å². The molecule has 0 unspecified atom stereocenters. The van der Waals surface area contributed by atoms with E-state index in [1.165, 1.54) is 0 Å². The Labute approximate surface area is 196 Å². The summed E-state index contributed by atoms with van der Waals surface area (Å²) < 4.78 is 1.98. The number of carbonyl (C=O) groups is 1. The van der Waals surface area contributed by atoms with Crippen LogP contribution in [0.2, 0.25) is 0 Å². The molecule has 0 radical (unpaired) electrons. The fraction of sp³-hybridized carbons (Fsp3) is 0.200. The van der Waals surface area contributed by atoms with Gasteiger partial charge in [-0.25, -0.2) is 9.97 Å². The van der Waals surface area contributed by atoms with Crippen molar-refractivity contribution >= 4 is 39.6 Å². The van der Waals surface area contributed by atoms with Gasteiger partial charge in [0.05, 0.1) is 17.4 Å². The molecule has 170 valence electrons. The second-order valence-electron chi connectivity index (χ2n) is 8.47. The second kappa shape index (κ2) is 8.18. The molecular weight excluding hydrogens is 428 g/mol. The molecule has 0 saturated carbocycles. The largest absolute Gasteiger partial charge is 0.368 e. The summed E-state index contributed by atoms with van der Waals surface area (Å²) in [6.07, 6.45) is 7.48. The zero-order valence-corrected chi connectivity index (χ0v) is 18.8. The summed E-state index contributed by atoms with van der Waals surface area (Å²) in [5, 5.41) is 11.6. The van der Waals surface area contributed by atoms with Gasteiger partial charge in [-0.2, -0.15) is 5.10 Å². The van der Waals surface area contributed by atoms with Crippen LogP contribution in [0.15, 0.2) is 67.3 Å². The smallest absolute Gasteiger partial charge is 0.219 e. The lowest BCUT2D eigenvalue weighted by Gasteiger charge is -2.35. The molecule has 2 N–H and O–H groups in total. The van der Waals surface area contributed by atoms with E-state index in [9.17, 15) is 4.79 Å². The minimum Gasteiger partial charge on any atom is -0.368 e. The summed E-state index contributed by atoms with van der Waals surface area (Å²) >= 11 is 0. The van der Waals surface area contributed by atoms with E-state index < -0.39 is 0 Å². The molecule has 3 aromatic heterocycles. The molecule has 34 heavy (non-hydrogen) atoms. The van der Waals surface area contributed by atoms with E-state index in [0.717, 1.165) is 65.4 Å². The number of carbonyl (C=O) groups excluding carboxylic acids is 1. The van der Waals surface area contributed by atoms with Gasteiger partial charge in [0.1, 0.15) is 0 Å². The van der Waals surface area contributed by atoms with E-state index in [1.54, 1.807) is 13.1 Å². The molecule has 1 saturated heterocycles. The van der Waals surface area contributed by atoms with E-state index in [2.05, 4.69) is 55.7 Å². The molecule has 1 aliphatic heterocycles. The number of fused-ring (bicyclic) bond motifs is 2. The van der Waals surface area contributed by atoms with Gasteiger partial charge in [-0.1, -0.05) is 12.1 Å². The van der Waals surface area contributed by atoms with Crippen LogP contribution in [0.3, 0.4) is 0 Å². The number of rotatable bonds is 4. The van der Waals surface area contributed by atoms with Crippen LogP contribution < -0.4 is 10.2 Å². The highest BCUT2D eigenvalue weighted by molar-refractivity contribution is 5.84. The molecule has 1 fully saturated rings. The van der Waals surface area contributed by atoms with Crippen LogP contribution in [0, 0.1) is 0 Å². The number of nitrogens with one attached hydrogen (secondary N) is 2. The Morgan fingerprint density at radius 1 is 1.06 bits per heavy atom. The van der Waals surface area contributed by atoms with Crippen molar-refractivity contribution in [2.24, 2.45) is 0 Å². The molecule has 0 aliphatic carbocycles. The van der Waals surface area contributed by atoms with Crippen molar-refractivity contribution in [3.63, 3.8) is 0 Å². The van der Waals surface area contributed by atoms with Gasteiger partial charge >= 0.3 is 0 Å². The number of benzene rings is 2. The molecule has 9 heteroatoms. The number of imidazole rings is 1. The van der Waals surface area contributed by atoms with Gasteiger partial charge in [0.15, 0.2) is 11.5 Å². The number of amides is 1. The normalized spacial score (nSPS) is 14.1. The minimum absolute atomic E-state index is 0.142. The van der Waals surface area contributed by atoms with Gasteiger partial charge in [-0.15, -0.1) is 0 Å². The Kier molecular flexibility index (Phi) is 4.87. The molecule has 5 aromatic rings. The molecular formula is C25H24N8O. The molecule has 0 bridgehead atoms. The first-order chi connectivity index (χ1) is 16.6. The average Bonchev–Trinajstić information content (AvgIpc) is 3.53. The molecule has 4 heterocycles. The Hall–Kier alpha value is -4.40. The van der Waals surface area contributed by atoms with Gasteiger partial charge in [-0.3, -0.25) is 9.89 Å². The maximum Gasteiger partial charge on any atom is 0.219 e.